The fourth-order valence-electron chi connectivity index (χ4n) is 2.24. The van der Waals surface area contributed by atoms with E-state index in [1.54, 1.807) is 30.3 Å². The number of phenolic OH excluding ortho intramolecular Hbond substituents is 1. The van der Waals surface area contributed by atoms with Crippen LogP contribution in [-0.4, -0.2) is 23.2 Å². The molecule has 0 fully saturated rings. The summed E-state index contributed by atoms with van der Waals surface area (Å²) >= 11 is 18.6. The van der Waals surface area contributed by atoms with E-state index in [0.717, 1.165) is 10.1 Å². The van der Waals surface area contributed by atoms with Gasteiger partial charge in [0.1, 0.15) is 16.4 Å². The lowest BCUT2D eigenvalue weighted by molar-refractivity contribution is 0.0982. The highest BCUT2D eigenvalue weighted by Gasteiger charge is 2.18. The van der Waals surface area contributed by atoms with E-state index in [4.69, 9.17) is 40.2 Å². The third kappa shape index (κ3) is 3.86. The molecule has 0 aliphatic carbocycles. The summed E-state index contributed by atoms with van der Waals surface area (Å²) in [5.74, 6) is 0.0491. The number of nitrogens with one attached hydrogen (secondary N) is 2. The van der Waals surface area contributed by atoms with Crippen LogP contribution in [0.4, 0.5) is 5.69 Å². The third-order valence-corrected chi connectivity index (χ3v) is 5.57. The van der Waals surface area contributed by atoms with Gasteiger partial charge < -0.3 is 15.2 Å². The van der Waals surface area contributed by atoms with Crippen LogP contribution >= 0.6 is 46.8 Å². The van der Waals surface area contributed by atoms with Crippen molar-refractivity contribution in [2.45, 2.75) is 0 Å². The second kappa shape index (κ2) is 7.67. The number of ether oxygens (including phenoxy) is 1. The number of hydrogen-bond donors (Lipinski definition) is 3. The van der Waals surface area contributed by atoms with Gasteiger partial charge in [0.25, 0.3) is 5.91 Å². The molecule has 0 atom stereocenters. The second-order valence-corrected chi connectivity index (χ2v) is 7.45. The molecule has 26 heavy (non-hydrogen) atoms. The molecule has 0 saturated carbocycles. The Balaban J connectivity index is 1.78. The molecule has 3 aromatic rings. The fourth-order valence-corrected chi connectivity index (χ4v) is 4.13. The van der Waals surface area contributed by atoms with Gasteiger partial charge in [-0.25, -0.2) is 0 Å². The number of amides is 1. The van der Waals surface area contributed by atoms with Crippen molar-refractivity contribution in [1.82, 2.24) is 5.32 Å². The van der Waals surface area contributed by atoms with E-state index in [0.29, 0.717) is 26.4 Å². The highest BCUT2D eigenvalue weighted by atomic mass is 35.5. The number of carbonyl (C=O) groups excluding carboxylic acids is 1. The molecule has 0 aliphatic rings. The molecule has 3 rings (SSSR count). The van der Waals surface area contributed by atoms with Crippen molar-refractivity contribution in [3.63, 3.8) is 0 Å². The molecular weight excluding hydrogens is 415 g/mol. The number of thiophene rings is 1. The standard InChI is InChI=1S/C17H12Cl2N2O3S2/c1-24-9-3-5-12(22)11(7-9)20-17(25)21-16(23)15-14(19)10-4-2-8(18)6-13(10)26-15/h2-7,22H,1H3,(H2,20,21,23,25). The number of thiocarbonyl (C=S) groups is 1. The molecule has 1 amide bonds. The van der Waals surface area contributed by atoms with Crippen molar-refractivity contribution in [1.29, 1.82) is 0 Å². The predicted molar refractivity (Wildman–Crippen MR) is 110 cm³/mol. The lowest BCUT2D eigenvalue weighted by atomic mass is 10.2. The topological polar surface area (TPSA) is 70.6 Å². The first kappa shape index (κ1) is 18.7. The first-order valence-electron chi connectivity index (χ1n) is 7.26. The fraction of sp³-hybridized carbons (Fsp3) is 0.0588. The first-order valence-corrected chi connectivity index (χ1v) is 9.24. The van der Waals surface area contributed by atoms with Gasteiger partial charge in [0, 0.05) is 21.2 Å². The van der Waals surface area contributed by atoms with Crippen LogP contribution in [0.25, 0.3) is 10.1 Å². The van der Waals surface area contributed by atoms with Crippen molar-refractivity contribution < 1.29 is 14.6 Å². The zero-order chi connectivity index (χ0) is 18.8. The van der Waals surface area contributed by atoms with Gasteiger partial charge in [-0.15, -0.1) is 11.3 Å². The Kier molecular flexibility index (Phi) is 5.52. The quantitative estimate of drug-likeness (QED) is 0.403. The van der Waals surface area contributed by atoms with Gasteiger partial charge in [0.2, 0.25) is 0 Å². The maximum Gasteiger partial charge on any atom is 0.269 e. The third-order valence-electron chi connectivity index (χ3n) is 3.48. The van der Waals surface area contributed by atoms with E-state index in [-0.39, 0.29) is 10.9 Å². The number of methoxy groups -OCH3 is 1. The number of hydrogen-bond acceptors (Lipinski definition) is 5. The zero-order valence-electron chi connectivity index (χ0n) is 13.3. The Morgan fingerprint density at radius 1 is 1.23 bits per heavy atom. The molecular formula is C17H12Cl2N2O3S2. The van der Waals surface area contributed by atoms with Crippen molar-refractivity contribution in [3.05, 3.63) is 51.3 Å². The molecule has 1 heterocycles. The van der Waals surface area contributed by atoms with Crippen LogP contribution in [0.3, 0.4) is 0 Å². The lowest BCUT2D eigenvalue weighted by Crippen LogP contribution is -2.33. The van der Waals surface area contributed by atoms with Gasteiger partial charge in [-0.2, -0.15) is 0 Å². The van der Waals surface area contributed by atoms with Gasteiger partial charge in [-0.1, -0.05) is 29.3 Å². The van der Waals surface area contributed by atoms with Gasteiger partial charge in [0.15, 0.2) is 5.11 Å². The largest absolute Gasteiger partial charge is 0.506 e. The molecule has 0 unspecified atom stereocenters. The Hall–Kier alpha value is -2.06. The molecule has 0 radical (unpaired) electrons. The monoisotopic (exact) mass is 426 g/mol. The van der Waals surface area contributed by atoms with Crippen molar-refractivity contribution >= 4 is 73.5 Å². The summed E-state index contributed by atoms with van der Waals surface area (Å²) in [5.41, 5.74) is 0.309. The van der Waals surface area contributed by atoms with E-state index < -0.39 is 5.91 Å². The molecule has 134 valence electrons. The Labute approximate surface area is 168 Å². The molecule has 0 aliphatic heterocycles. The number of rotatable bonds is 3. The van der Waals surface area contributed by atoms with E-state index in [2.05, 4.69) is 10.6 Å². The minimum absolute atomic E-state index is 0.0186. The Morgan fingerprint density at radius 2 is 2.00 bits per heavy atom. The summed E-state index contributed by atoms with van der Waals surface area (Å²) in [6.45, 7) is 0. The van der Waals surface area contributed by atoms with Crippen LogP contribution in [0.15, 0.2) is 36.4 Å². The first-order chi connectivity index (χ1) is 12.4. The number of phenols is 1. The molecule has 0 saturated heterocycles. The van der Waals surface area contributed by atoms with Crippen LogP contribution in [0, 0.1) is 0 Å². The summed E-state index contributed by atoms with van der Waals surface area (Å²) in [6, 6.07) is 9.83. The summed E-state index contributed by atoms with van der Waals surface area (Å²) < 4.78 is 5.90. The average molecular weight is 427 g/mol. The highest BCUT2D eigenvalue weighted by molar-refractivity contribution is 7.80. The predicted octanol–water partition coefficient (Wildman–Crippen LogP) is 5.05. The summed E-state index contributed by atoms with van der Waals surface area (Å²) in [7, 11) is 1.51. The van der Waals surface area contributed by atoms with Gasteiger partial charge in [0.05, 0.1) is 17.8 Å². The van der Waals surface area contributed by atoms with E-state index in [1.807, 2.05) is 0 Å². The molecule has 0 bridgehead atoms. The molecule has 1 aromatic heterocycles. The van der Waals surface area contributed by atoms with Crippen LogP contribution in [0.2, 0.25) is 10.0 Å². The lowest BCUT2D eigenvalue weighted by Gasteiger charge is -2.11. The number of halogens is 2. The summed E-state index contributed by atoms with van der Waals surface area (Å²) in [5, 5.41) is 16.8. The van der Waals surface area contributed by atoms with Crippen molar-refractivity contribution in [3.8, 4) is 11.5 Å². The Morgan fingerprint density at radius 3 is 2.73 bits per heavy atom. The van der Waals surface area contributed by atoms with Crippen LogP contribution in [-0.2, 0) is 0 Å². The van der Waals surface area contributed by atoms with E-state index >= 15 is 0 Å². The van der Waals surface area contributed by atoms with Gasteiger partial charge >= 0.3 is 0 Å². The minimum Gasteiger partial charge on any atom is -0.506 e. The molecule has 9 heteroatoms. The summed E-state index contributed by atoms with van der Waals surface area (Å²) in [4.78, 5) is 12.8. The number of benzene rings is 2. The number of aromatic hydroxyl groups is 1. The minimum atomic E-state index is -0.452. The number of carbonyl (C=O) groups is 1. The van der Waals surface area contributed by atoms with Crippen LogP contribution in [0.1, 0.15) is 9.67 Å². The maximum absolute atomic E-state index is 12.5. The van der Waals surface area contributed by atoms with Crippen LogP contribution in [0.5, 0.6) is 11.5 Å². The van der Waals surface area contributed by atoms with Crippen LogP contribution < -0.4 is 15.4 Å². The highest BCUT2D eigenvalue weighted by Crippen LogP contribution is 2.36. The average Bonchev–Trinajstić information content (AvgIpc) is 2.93. The molecule has 5 nitrogen and oxygen atoms in total. The second-order valence-electron chi connectivity index (χ2n) is 5.18. The zero-order valence-corrected chi connectivity index (χ0v) is 16.4. The maximum atomic E-state index is 12.5. The van der Waals surface area contributed by atoms with E-state index in [1.165, 1.54) is 24.5 Å². The van der Waals surface area contributed by atoms with Crippen molar-refractivity contribution in [2.24, 2.45) is 0 Å². The number of fused-ring (bicyclic) bond motifs is 1. The number of anilines is 1. The SMILES string of the molecule is COc1ccc(O)c(NC(=S)NC(=O)c2sc3cc(Cl)ccc3c2Cl)c1. The Bertz CT molecular complexity index is 1020. The van der Waals surface area contributed by atoms with E-state index in [9.17, 15) is 9.90 Å². The molecule has 0 spiro atoms. The van der Waals surface area contributed by atoms with Gasteiger partial charge in [-0.3, -0.25) is 10.1 Å². The molecule has 2 aromatic carbocycles. The summed E-state index contributed by atoms with van der Waals surface area (Å²) in [6.07, 6.45) is 0. The smallest absolute Gasteiger partial charge is 0.269 e. The van der Waals surface area contributed by atoms with Gasteiger partial charge in [-0.05, 0) is 36.5 Å². The van der Waals surface area contributed by atoms with Crippen molar-refractivity contribution in [2.75, 3.05) is 12.4 Å². The normalized spacial score (nSPS) is 10.6. The molecule has 3 N–H and O–H groups in total.